The van der Waals surface area contributed by atoms with Gasteiger partial charge in [-0.1, -0.05) is 17.7 Å². The fourth-order valence-corrected chi connectivity index (χ4v) is 3.53. The molecule has 142 valence electrons. The summed E-state index contributed by atoms with van der Waals surface area (Å²) in [6.45, 7) is 1.19. The molecule has 0 spiro atoms. The zero-order valence-corrected chi connectivity index (χ0v) is 16.7. The maximum atomic E-state index is 11.6. The zero-order chi connectivity index (χ0) is 19.4. The van der Waals surface area contributed by atoms with Crippen LogP contribution >= 0.6 is 11.6 Å². The van der Waals surface area contributed by atoms with E-state index in [1.807, 2.05) is 30.1 Å². The van der Waals surface area contributed by atoms with Gasteiger partial charge in [-0.2, -0.15) is 0 Å². The van der Waals surface area contributed by atoms with Gasteiger partial charge >= 0.3 is 0 Å². The maximum Gasteiger partial charge on any atom is 0.175 e. The fraction of sp³-hybridized carbons (Fsp3) is 0.263. The predicted octanol–water partition coefficient (Wildman–Crippen LogP) is 3.59. The topological polar surface area (TPSA) is 72.4 Å². The van der Waals surface area contributed by atoms with E-state index in [0.29, 0.717) is 17.4 Å². The monoisotopic (exact) mass is 405 g/mol. The second-order valence-electron chi connectivity index (χ2n) is 6.23. The van der Waals surface area contributed by atoms with Gasteiger partial charge in [0.05, 0.1) is 17.0 Å². The van der Waals surface area contributed by atoms with Crippen LogP contribution in [0.5, 0.6) is 5.75 Å². The minimum atomic E-state index is -3.24. The number of sulfone groups is 1. The van der Waals surface area contributed by atoms with Gasteiger partial charge in [-0.3, -0.25) is 0 Å². The van der Waals surface area contributed by atoms with E-state index >= 15 is 0 Å². The summed E-state index contributed by atoms with van der Waals surface area (Å²) in [4.78, 5) is 10.9. The third kappa shape index (κ3) is 4.87. The van der Waals surface area contributed by atoms with E-state index in [0.717, 1.165) is 29.7 Å². The molecule has 0 bridgehead atoms. The van der Waals surface area contributed by atoms with Crippen molar-refractivity contribution in [1.82, 2.24) is 9.97 Å². The Morgan fingerprint density at radius 2 is 1.96 bits per heavy atom. The first-order chi connectivity index (χ1) is 12.8. The molecule has 0 atom stereocenters. The van der Waals surface area contributed by atoms with Crippen molar-refractivity contribution in [2.24, 2.45) is 0 Å². The van der Waals surface area contributed by atoms with Crippen LogP contribution in [0.1, 0.15) is 6.42 Å². The molecule has 1 aromatic heterocycles. The van der Waals surface area contributed by atoms with Gasteiger partial charge < -0.3 is 9.64 Å². The average molecular weight is 406 g/mol. The molecule has 3 aromatic rings. The summed E-state index contributed by atoms with van der Waals surface area (Å²) < 4.78 is 28.9. The maximum absolute atomic E-state index is 11.6. The van der Waals surface area contributed by atoms with Crippen LogP contribution in [0.4, 0.5) is 5.82 Å². The van der Waals surface area contributed by atoms with Crippen molar-refractivity contribution in [3.05, 3.63) is 53.8 Å². The largest absolute Gasteiger partial charge is 0.493 e. The molecule has 0 amide bonds. The predicted molar refractivity (Wildman–Crippen MR) is 107 cm³/mol. The molecule has 0 saturated carbocycles. The number of aromatic nitrogens is 2. The minimum absolute atomic E-state index is 0.253. The molecule has 0 aliphatic rings. The highest BCUT2D eigenvalue weighted by Crippen LogP contribution is 2.24. The third-order valence-corrected chi connectivity index (χ3v) is 5.42. The van der Waals surface area contributed by atoms with Crippen molar-refractivity contribution in [2.45, 2.75) is 11.3 Å². The number of rotatable bonds is 7. The first-order valence-electron chi connectivity index (χ1n) is 8.39. The van der Waals surface area contributed by atoms with Gasteiger partial charge in [0.15, 0.2) is 9.84 Å². The quantitative estimate of drug-likeness (QED) is 0.559. The van der Waals surface area contributed by atoms with E-state index in [1.54, 1.807) is 24.3 Å². The molecule has 3 rings (SSSR count). The molecule has 0 N–H and O–H groups in total. The lowest BCUT2D eigenvalue weighted by molar-refractivity contribution is 0.311. The highest BCUT2D eigenvalue weighted by molar-refractivity contribution is 7.90. The molecule has 1 heterocycles. The first kappa shape index (κ1) is 19.4. The molecule has 2 aromatic carbocycles. The summed E-state index contributed by atoms with van der Waals surface area (Å²) >= 11 is 6.02. The van der Waals surface area contributed by atoms with Crippen molar-refractivity contribution >= 4 is 38.2 Å². The highest BCUT2D eigenvalue weighted by Gasteiger charge is 2.10. The molecule has 0 aliphatic heterocycles. The minimum Gasteiger partial charge on any atom is -0.493 e. The Labute approximate surface area is 163 Å². The van der Waals surface area contributed by atoms with Crippen LogP contribution in [0.25, 0.3) is 10.9 Å². The number of hydrogen-bond donors (Lipinski definition) is 0. The molecule has 27 heavy (non-hydrogen) atoms. The van der Waals surface area contributed by atoms with Gasteiger partial charge in [-0.25, -0.2) is 18.4 Å². The smallest absolute Gasteiger partial charge is 0.175 e. The molecule has 0 radical (unpaired) electrons. The van der Waals surface area contributed by atoms with Gasteiger partial charge in [-0.15, -0.1) is 0 Å². The van der Waals surface area contributed by atoms with Crippen LogP contribution in [-0.4, -0.2) is 44.8 Å². The van der Waals surface area contributed by atoms with Crippen molar-refractivity contribution in [3.8, 4) is 5.75 Å². The lowest BCUT2D eigenvalue weighted by Crippen LogP contribution is -2.21. The van der Waals surface area contributed by atoms with Crippen molar-refractivity contribution < 1.29 is 13.2 Å². The standard InChI is InChI=1S/C19H20ClN3O3S/c1-23(19-17-8-7-14(20)11-18(17)21-13-22-19)9-4-10-26-15-5-3-6-16(12-15)27(2,24)25/h3,5-8,11-13H,4,9-10H2,1-2H3. The molecule has 0 fully saturated rings. The number of ether oxygens (including phenoxy) is 1. The number of benzene rings is 2. The molecule has 8 heteroatoms. The van der Waals surface area contributed by atoms with E-state index in [9.17, 15) is 8.42 Å². The Morgan fingerprint density at radius 3 is 2.74 bits per heavy atom. The van der Waals surface area contributed by atoms with E-state index in [4.69, 9.17) is 16.3 Å². The fourth-order valence-electron chi connectivity index (χ4n) is 2.71. The Morgan fingerprint density at radius 1 is 1.15 bits per heavy atom. The molecule has 6 nitrogen and oxygen atoms in total. The van der Waals surface area contributed by atoms with Crippen LogP contribution in [0.2, 0.25) is 5.02 Å². The van der Waals surface area contributed by atoms with E-state index in [2.05, 4.69) is 9.97 Å². The first-order valence-corrected chi connectivity index (χ1v) is 10.7. The van der Waals surface area contributed by atoms with Crippen molar-refractivity contribution in [3.63, 3.8) is 0 Å². The van der Waals surface area contributed by atoms with Gasteiger partial charge in [0, 0.05) is 30.3 Å². The number of anilines is 1. The summed E-state index contributed by atoms with van der Waals surface area (Å²) in [6.07, 6.45) is 3.46. The van der Waals surface area contributed by atoms with Gasteiger partial charge in [-0.05, 0) is 42.8 Å². The second-order valence-corrected chi connectivity index (χ2v) is 8.68. The third-order valence-electron chi connectivity index (χ3n) is 4.08. The number of halogens is 1. The van der Waals surface area contributed by atoms with Gasteiger partial charge in [0.2, 0.25) is 0 Å². The highest BCUT2D eigenvalue weighted by atomic mass is 35.5. The van der Waals surface area contributed by atoms with Crippen LogP contribution in [0.3, 0.4) is 0 Å². The summed E-state index contributed by atoms with van der Waals surface area (Å²) in [6, 6.07) is 12.1. The summed E-state index contributed by atoms with van der Waals surface area (Å²) in [5.74, 6) is 1.37. The van der Waals surface area contributed by atoms with Crippen LogP contribution in [-0.2, 0) is 9.84 Å². The second kappa shape index (κ2) is 8.10. The van der Waals surface area contributed by atoms with Crippen LogP contribution in [0, 0.1) is 0 Å². The Kier molecular flexibility index (Phi) is 5.82. The number of hydrogen-bond acceptors (Lipinski definition) is 6. The van der Waals surface area contributed by atoms with Crippen molar-refractivity contribution in [2.75, 3.05) is 31.4 Å². The molecular formula is C19H20ClN3O3S. The SMILES string of the molecule is CN(CCCOc1cccc(S(C)(=O)=O)c1)c1ncnc2cc(Cl)ccc12. The van der Waals surface area contributed by atoms with Crippen LogP contribution in [0.15, 0.2) is 53.7 Å². The summed E-state index contributed by atoms with van der Waals surface area (Å²) in [5.41, 5.74) is 0.799. The molecule has 0 aliphatic carbocycles. The van der Waals surface area contributed by atoms with Gasteiger partial charge in [0.1, 0.15) is 17.9 Å². The number of nitrogens with zero attached hydrogens (tertiary/aromatic N) is 3. The Balaban J connectivity index is 1.60. The Bertz CT molecular complexity index is 1060. The van der Waals surface area contributed by atoms with Gasteiger partial charge in [0.25, 0.3) is 0 Å². The lowest BCUT2D eigenvalue weighted by Gasteiger charge is -2.19. The summed E-state index contributed by atoms with van der Waals surface area (Å²) in [7, 11) is -1.28. The van der Waals surface area contributed by atoms with E-state index in [1.165, 1.54) is 12.6 Å². The Hall–Kier alpha value is -2.38. The lowest BCUT2D eigenvalue weighted by atomic mass is 10.2. The average Bonchev–Trinajstić information content (AvgIpc) is 2.64. The van der Waals surface area contributed by atoms with E-state index in [-0.39, 0.29) is 4.90 Å². The zero-order valence-electron chi connectivity index (χ0n) is 15.1. The van der Waals surface area contributed by atoms with Crippen LogP contribution < -0.4 is 9.64 Å². The summed E-state index contributed by atoms with van der Waals surface area (Å²) in [5, 5.41) is 1.57. The normalized spacial score (nSPS) is 11.5. The van der Waals surface area contributed by atoms with Crippen molar-refractivity contribution in [1.29, 1.82) is 0 Å². The molecule has 0 saturated heterocycles. The molecular weight excluding hydrogens is 386 g/mol. The van der Waals surface area contributed by atoms with E-state index < -0.39 is 9.84 Å². The molecule has 0 unspecified atom stereocenters. The number of fused-ring (bicyclic) bond motifs is 1.